The number of ether oxygens (including phenoxy) is 1. The minimum Gasteiger partial charge on any atom is -0.467 e. The Morgan fingerprint density at radius 2 is 2.00 bits per heavy atom. The van der Waals surface area contributed by atoms with Crippen LogP contribution in [0.25, 0.3) is 0 Å². The Labute approximate surface area is 107 Å². The first-order chi connectivity index (χ1) is 8.38. The molecule has 2 unspecified atom stereocenters. The van der Waals surface area contributed by atoms with E-state index in [1.807, 2.05) is 0 Å². The van der Waals surface area contributed by atoms with Gasteiger partial charge in [-0.05, 0) is 26.7 Å². The van der Waals surface area contributed by atoms with Crippen LogP contribution >= 0.6 is 0 Å². The summed E-state index contributed by atoms with van der Waals surface area (Å²) < 4.78 is 4.48. The molecule has 1 aliphatic rings. The van der Waals surface area contributed by atoms with Crippen LogP contribution in [0.3, 0.4) is 0 Å². The second-order valence-electron chi connectivity index (χ2n) is 4.90. The van der Waals surface area contributed by atoms with Crippen LogP contribution in [-0.4, -0.2) is 60.3 Å². The van der Waals surface area contributed by atoms with Crippen molar-refractivity contribution in [2.75, 3.05) is 26.7 Å². The SMILES string of the molecule is COC(=O)C(C)(O)CNC(C)C(=O)N1CCCC1. The molecule has 104 valence electrons. The number of hydrogen-bond acceptors (Lipinski definition) is 5. The van der Waals surface area contributed by atoms with Crippen LogP contribution in [0.5, 0.6) is 0 Å². The van der Waals surface area contributed by atoms with Gasteiger partial charge in [0.2, 0.25) is 5.91 Å². The molecule has 6 nitrogen and oxygen atoms in total. The largest absolute Gasteiger partial charge is 0.467 e. The van der Waals surface area contributed by atoms with Gasteiger partial charge in [-0.1, -0.05) is 0 Å². The molecular formula is C12H22N2O4. The smallest absolute Gasteiger partial charge is 0.338 e. The van der Waals surface area contributed by atoms with Crippen LogP contribution in [0, 0.1) is 0 Å². The molecule has 0 spiro atoms. The highest BCUT2D eigenvalue weighted by Gasteiger charge is 2.33. The van der Waals surface area contributed by atoms with Crippen molar-refractivity contribution < 1.29 is 19.4 Å². The van der Waals surface area contributed by atoms with Gasteiger partial charge in [0.05, 0.1) is 13.2 Å². The highest BCUT2D eigenvalue weighted by molar-refractivity contribution is 5.82. The number of nitrogens with one attached hydrogen (secondary N) is 1. The van der Waals surface area contributed by atoms with Crippen LogP contribution < -0.4 is 5.32 Å². The van der Waals surface area contributed by atoms with Crippen LogP contribution in [0.15, 0.2) is 0 Å². The fourth-order valence-corrected chi connectivity index (χ4v) is 1.94. The molecule has 0 aliphatic carbocycles. The third-order valence-electron chi connectivity index (χ3n) is 3.17. The van der Waals surface area contributed by atoms with Gasteiger partial charge >= 0.3 is 5.97 Å². The molecule has 0 aromatic heterocycles. The molecule has 2 N–H and O–H groups in total. The molecule has 0 radical (unpaired) electrons. The van der Waals surface area contributed by atoms with Gasteiger partial charge in [-0.15, -0.1) is 0 Å². The lowest BCUT2D eigenvalue weighted by Gasteiger charge is -2.25. The van der Waals surface area contributed by atoms with Gasteiger partial charge < -0.3 is 20.1 Å². The quantitative estimate of drug-likeness (QED) is 0.651. The molecule has 0 bridgehead atoms. The molecule has 1 saturated heterocycles. The molecule has 1 rings (SSSR count). The predicted octanol–water partition coefficient (Wildman–Crippen LogP) is -0.489. The van der Waals surface area contributed by atoms with E-state index in [0.717, 1.165) is 25.9 Å². The fourth-order valence-electron chi connectivity index (χ4n) is 1.94. The van der Waals surface area contributed by atoms with Crippen molar-refractivity contribution in [1.29, 1.82) is 0 Å². The van der Waals surface area contributed by atoms with Crippen LogP contribution in [0.4, 0.5) is 0 Å². The highest BCUT2D eigenvalue weighted by Crippen LogP contribution is 2.10. The maximum Gasteiger partial charge on any atom is 0.338 e. The minimum atomic E-state index is -1.62. The van der Waals surface area contributed by atoms with Gasteiger partial charge in [0.15, 0.2) is 5.60 Å². The average molecular weight is 258 g/mol. The molecule has 0 saturated carbocycles. The van der Waals surface area contributed by atoms with Crippen molar-refractivity contribution in [3.05, 3.63) is 0 Å². The van der Waals surface area contributed by atoms with Crippen molar-refractivity contribution >= 4 is 11.9 Å². The topological polar surface area (TPSA) is 78.9 Å². The number of carbonyl (C=O) groups excluding carboxylic acids is 2. The summed E-state index contributed by atoms with van der Waals surface area (Å²) >= 11 is 0. The summed E-state index contributed by atoms with van der Waals surface area (Å²) in [5.74, 6) is -0.705. The first-order valence-electron chi connectivity index (χ1n) is 6.21. The lowest BCUT2D eigenvalue weighted by molar-refractivity contribution is -0.160. The van der Waals surface area contributed by atoms with E-state index in [9.17, 15) is 14.7 Å². The lowest BCUT2D eigenvalue weighted by Crippen LogP contribution is -2.51. The molecule has 6 heteroatoms. The Morgan fingerprint density at radius 1 is 1.44 bits per heavy atom. The van der Waals surface area contributed by atoms with Crippen molar-refractivity contribution in [3.8, 4) is 0 Å². The third kappa shape index (κ3) is 3.68. The lowest BCUT2D eigenvalue weighted by atomic mass is 10.1. The Morgan fingerprint density at radius 3 is 2.50 bits per heavy atom. The number of methoxy groups -OCH3 is 1. The van der Waals surface area contributed by atoms with E-state index >= 15 is 0 Å². The normalized spacial score (nSPS) is 20.3. The van der Waals surface area contributed by atoms with Crippen LogP contribution in [0.2, 0.25) is 0 Å². The van der Waals surface area contributed by atoms with Gasteiger partial charge in [-0.25, -0.2) is 4.79 Å². The molecule has 0 aromatic rings. The van der Waals surface area contributed by atoms with Crippen molar-refractivity contribution in [2.45, 2.75) is 38.3 Å². The summed E-state index contributed by atoms with van der Waals surface area (Å²) in [5.41, 5.74) is -1.62. The maximum atomic E-state index is 12.0. The fraction of sp³-hybridized carbons (Fsp3) is 0.833. The van der Waals surface area contributed by atoms with E-state index in [1.165, 1.54) is 14.0 Å². The zero-order valence-corrected chi connectivity index (χ0v) is 11.2. The molecule has 1 amide bonds. The maximum absolute atomic E-state index is 12.0. The molecule has 2 atom stereocenters. The number of hydrogen-bond donors (Lipinski definition) is 2. The van der Waals surface area contributed by atoms with Gasteiger partial charge in [0.1, 0.15) is 0 Å². The first kappa shape index (κ1) is 14.9. The number of likely N-dealkylation sites (tertiary alicyclic amines) is 1. The number of amides is 1. The number of rotatable bonds is 5. The van der Waals surface area contributed by atoms with Crippen molar-refractivity contribution in [3.63, 3.8) is 0 Å². The molecule has 1 aliphatic heterocycles. The summed E-state index contributed by atoms with van der Waals surface area (Å²) in [6.45, 7) is 4.66. The summed E-state index contributed by atoms with van der Waals surface area (Å²) in [4.78, 5) is 25.0. The summed E-state index contributed by atoms with van der Waals surface area (Å²) in [6, 6.07) is -0.417. The summed E-state index contributed by atoms with van der Waals surface area (Å²) in [5, 5.41) is 12.7. The number of carbonyl (C=O) groups is 2. The minimum absolute atomic E-state index is 0.00756. The summed E-state index contributed by atoms with van der Waals surface area (Å²) in [7, 11) is 1.22. The third-order valence-corrected chi connectivity index (χ3v) is 3.17. The first-order valence-corrected chi connectivity index (χ1v) is 6.21. The standard InChI is InChI=1S/C12H22N2O4/c1-9(10(15)14-6-4-5-7-14)13-8-12(2,17)11(16)18-3/h9,13,17H,4-8H2,1-3H3. The van der Waals surface area contributed by atoms with E-state index in [-0.39, 0.29) is 12.5 Å². The zero-order chi connectivity index (χ0) is 13.8. The number of nitrogens with zero attached hydrogens (tertiary/aromatic N) is 1. The Bertz CT molecular complexity index is 311. The average Bonchev–Trinajstić information content (AvgIpc) is 2.87. The van der Waals surface area contributed by atoms with E-state index in [1.54, 1.807) is 11.8 Å². The van der Waals surface area contributed by atoms with Crippen molar-refractivity contribution in [1.82, 2.24) is 10.2 Å². The molecule has 1 fully saturated rings. The highest BCUT2D eigenvalue weighted by atomic mass is 16.5. The summed E-state index contributed by atoms with van der Waals surface area (Å²) in [6.07, 6.45) is 2.08. The molecule has 1 heterocycles. The number of esters is 1. The van der Waals surface area contributed by atoms with Crippen LogP contribution in [0.1, 0.15) is 26.7 Å². The predicted molar refractivity (Wildman–Crippen MR) is 65.9 cm³/mol. The molecule has 18 heavy (non-hydrogen) atoms. The zero-order valence-electron chi connectivity index (χ0n) is 11.2. The van der Waals surface area contributed by atoms with Gasteiger partial charge in [-0.2, -0.15) is 0 Å². The number of aliphatic hydroxyl groups is 1. The van der Waals surface area contributed by atoms with Crippen LogP contribution in [-0.2, 0) is 14.3 Å². The second kappa shape index (κ2) is 6.15. The Balaban J connectivity index is 2.42. The van der Waals surface area contributed by atoms with Gasteiger partial charge in [0, 0.05) is 19.6 Å². The Hall–Kier alpha value is -1.14. The van der Waals surface area contributed by atoms with E-state index < -0.39 is 17.6 Å². The van der Waals surface area contributed by atoms with E-state index in [4.69, 9.17) is 0 Å². The molecule has 0 aromatic carbocycles. The van der Waals surface area contributed by atoms with Crippen molar-refractivity contribution in [2.24, 2.45) is 0 Å². The van der Waals surface area contributed by atoms with E-state index in [0.29, 0.717) is 0 Å². The van der Waals surface area contributed by atoms with Gasteiger partial charge in [-0.3, -0.25) is 4.79 Å². The second-order valence-corrected chi connectivity index (χ2v) is 4.90. The monoisotopic (exact) mass is 258 g/mol. The Kier molecular flexibility index (Phi) is 5.10. The van der Waals surface area contributed by atoms with Gasteiger partial charge in [0.25, 0.3) is 0 Å². The van der Waals surface area contributed by atoms with E-state index in [2.05, 4.69) is 10.1 Å². The molecular weight excluding hydrogens is 236 g/mol.